The van der Waals surface area contributed by atoms with Crippen LogP contribution in [0.2, 0.25) is 0 Å². The second kappa shape index (κ2) is 7.95. The first kappa shape index (κ1) is 15.7. The molecule has 0 heterocycles. The van der Waals surface area contributed by atoms with Crippen molar-refractivity contribution >= 4 is 5.91 Å². The highest BCUT2D eigenvalue weighted by atomic mass is 16.3. The molecule has 0 fully saturated rings. The highest BCUT2D eigenvalue weighted by molar-refractivity contribution is 5.76. The Kier molecular flexibility index (Phi) is 6.57. The summed E-state index contributed by atoms with van der Waals surface area (Å²) in [5, 5.41) is 12.1. The quantitative estimate of drug-likeness (QED) is 0.794. The summed E-state index contributed by atoms with van der Waals surface area (Å²) in [6.07, 6.45) is 2.02. The molecule has 1 rings (SSSR count). The van der Waals surface area contributed by atoms with Gasteiger partial charge < -0.3 is 10.4 Å². The maximum absolute atomic E-state index is 11.8. The number of benzene rings is 1. The Morgan fingerprint density at radius 3 is 2.42 bits per heavy atom. The molecule has 0 aromatic heterocycles. The van der Waals surface area contributed by atoms with Crippen LogP contribution in [-0.4, -0.2) is 23.7 Å². The third kappa shape index (κ3) is 6.39. The smallest absolute Gasteiger partial charge is 0.220 e. The van der Waals surface area contributed by atoms with Crippen molar-refractivity contribution in [2.45, 2.75) is 46.1 Å². The molecule has 19 heavy (non-hydrogen) atoms. The van der Waals surface area contributed by atoms with Gasteiger partial charge in [-0.25, -0.2) is 0 Å². The van der Waals surface area contributed by atoms with Gasteiger partial charge in [0.15, 0.2) is 0 Å². The zero-order valence-electron chi connectivity index (χ0n) is 12.1. The summed E-state index contributed by atoms with van der Waals surface area (Å²) in [4.78, 5) is 11.8. The Labute approximate surface area is 116 Å². The van der Waals surface area contributed by atoms with Gasteiger partial charge in [-0.05, 0) is 31.2 Å². The van der Waals surface area contributed by atoms with E-state index in [1.165, 1.54) is 11.1 Å². The number of aliphatic hydroxyl groups excluding tert-OH is 1. The van der Waals surface area contributed by atoms with E-state index in [2.05, 4.69) is 43.4 Å². The lowest BCUT2D eigenvalue weighted by molar-refractivity contribution is -0.122. The Morgan fingerprint density at radius 1 is 1.26 bits per heavy atom. The number of aliphatic hydroxyl groups is 1. The fourth-order valence-corrected chi connectivity index (χ4v) is 2.06. The van der Waals surface area contributed by atoms with Crippen LogP contribution in [0.4, 0.5) is 0 Å². The molecular formula is C16H25NO2. The number of hydrogen-bond donors (Lipinski definition) is 2. The molecule has 1 unspecified atom stereocenters. The Hall–Kier alpha value is -1.35. The average molecular weight is 263 g/mol. The largest absolute Gasteiger partial charge is 0.394 e. The van der Waals surface area contributed by atoms with Crippen molar-refractivity contribution in [3.05, 3.63) is 35.4 Å². The van der Waals surface area contributed by atoms with E-state index in [0.717, 1.165) is 12.8 Å². The fourth-order valence-electron chi connectivity index (χ4n) is 2.06. The molecule has 2 N–H and O–H groups in total. The molecule has 1 atom stereocenters. The first-order valence-electron chi connectivity index (χ1n) is 6.97. The van der Waals surface area contributed by atoms with Gasteiger partial charge in [-0.1, -0.05) is 43.7 Å². The molecule has 3 nitrogen and oxygen atoms in total. The van der Waals surface area contributed by atoms with Crippen molar-refractivity contribution in [1.29, 1.82) is 0 Å². The molecule has 1 amide bonds. The Morgan fingerprint density at radius 2 is 1.89 bits per heavy atom. The van der Waals surface area contributed by atoms with E-state index in [4.69, 9.17) is 0 Å². The SMILES string of the molecule is Cc1ccc(CCC(=O)NC(CO)CC(C)C)cc1. The van der Waals surface area contributed by atoms with Crippen LogP contribution in [0.1, 0.15) is 37.8 Å². The van der Waals surface area contributed by atoms with Gasteiger partial charge in [-0.15, -0.1) is 0 Å². The summed E-state index contributed by atoms with van der Waals surface area (Å²) >= 11 is 0. The van der Waals surface area contributed by atoms with Gasteiger partial charge >= 0.3 is 0 Å². The van der Waals surface area contributed by atoms with E-state index in [1.54, 1.807) is 0 Å². The van der Waals surface area contributed by atoms with Crippen LogP contribution in [0, 0.1) is 12.8 Å². The second-order valence-corrected chi connectivity index (χ2v) is 5.56. The van der Waals surface area contributed by atoms with E-state index >= 15 is 0 Å². The Balaban J connectivity index is 2.36. The lowest BCUT2D eigenvalue weighted by Crippen LogP contribution is -2.38. The lowest BCUT2D eigenvalue weighted by Gasteiger charge is -2.18. The molecule has 0 bridgehead atoms. The van der Waals surface area contributed by atoms with Gasteiger partial charge in [-0.3, -0.25) is 4.79 Å². The summed E-state index contributed by atoms with van der Waals surface area (Å²) in [5.41, 5.74) is 2.40. The molecule has 106 valence electrons. The topological polar surface area (TPSA) is 49.3 Å². The summed E-state index contributed by atoms with van der Waals surface area (Å²) < 4.78 is 0. The molecule has 3 heteroatoms. The molecule has 0 saturated carbocycles. The maximum atomic E-state index is 11.8. The molecule has 0 spiro atoms. The first-order valence-corrected chi connectivity index (χ1v) is 6.97. The zero-order chi connectivity index (χ0) is 14.3. The van der Waals surface area contributed by atoms with Crippen LogP contribution in [0.5, 0.6) is 0 Å². The lowest BCUT2D eigenvalue weighted by atomic mass is 10.0. The summed E-state index contributed by atoms with van der Waals surface area (Å²) in [5.74, 6) is 0.481. The van der Waals surface area contributed by atoms with Crippen LogP contribution in [0.15, 0.2) is 24.3 Å². The van der Waals surface area contributed by atoms with Gasteiger partial charge in [0.2, 0.25) is 5.91 Å². The van der Waals surface area contributed by atoms with E-state index in [9.17, 15) is 9.90 Å². The van der Waals surface area contributed by atoms with Crippen LogP contribution < -0.4 is 5.32 Å². The zero-order valence-corrected chi connectivity index (χ0v) is 12.1. The number of hydrogen-bond acceptors (Lipinski definition) is 2. The summed E-state index contributed by atoms with van der Waals surface area (Å²) in [7, 11) is 0. The summed E-state index contributed by atoms with van der Waals surface area (Å²) in [6, 6.07) is 8.11. The number of rotatable bonds is 7. The highest BCUT2D eigenvalue weighted by Crippen LogP contribution is 2.07. The van der Waals surface area contributed by atoms with Crippen molar-refractivity contribution in [1.82, 2.24) is 5.32 Å². The minimum absolute atomic E-state index is 0.00838. The maximum Gasteiger partial charge on any atom is 0.220 e. The molecule has 0 saturated heterocycles. The average Bonchev–Trinajstić information content (AvgIpc) is 2.36. The molecular weight excluding hydrogens is 238 g/mol. The predicted octanol–water partition coefficient (Wildman–Crippen LogP) is 2.45. The van der Waals surface area contributed by atoms with Gasteiger partial charge in [-0.2, -0.15) is 0 Å². The van der Waals surface area contributed by atoms with Crippen LogP contribution >= 0.6 is 0 Å². The monoisotopic (exact) mass is 263 g/mol. The molecule has 1 aromatic carbocycles. The Bertz CT molecular complexity index is 384. The number of nitrogens with one attached hydrogen (secondary N) is 1. The predicted molar refractivity (Wildman–Crippen MR) is 78.0 cm³/mol. The second-order valence-electron chi connectivity index (χ2n) is 5.56. The van der Waals surface area contributed by atoms with Crippen molar-refractivity contribution in [2.75, 3.05) is 6.61 Å². The van der Waals surface area contributed by atoms with E-state index in [1.807, 2.05) is 6.92 Å². The van der Waals surface area contributed by atoms with Crippen molar-refractivity contribution in [2.24, 2.45) is 5.92 Å². The van der Waals surface area contributed by atoms with Gasteiger partial charge in [0.05, 0.1) is 12.6 Å². The van der Waals surface area contributed by atoms with Crippen LogP contribution in [0.25, 0.3) is 0 Å². The first-order chi connectivity index (χ1) is 9.01. The van der Waals surface area contributed by atoms with E-state index in [0.29, 0.717) is 12.3 Å². The minimum Gasteiger partial charge on any atom is -0.394 e. The molecule has 1 aromatic rings. The van der Waals surface area contributed by atoms with Gasteiger partial charge in [0.25, 0.3) is 0 Å². The standard InChI is InChI=1S/C16H25NO2/c1-12(2)10-15(11-18)17-16(19)9-8-14-6-4-13(3)5-7-14/h4-7,12,15,18H,8-11H2,1-3H3,(H,17,19). The third-order valence-corrected chi connectivity index (χ3v) is 3.10. The van der Waals surface area contributed by atoms with Gasteiger partial charge in [0, 0.05) is 6.42 Å². The number of amides is 1. The molecule has 0 radical (unpaired) electrons. The number of carbonyl (C=O) groups is 1. The molecule has 0 aliphatic carbocycles. The minimum atomic E-state index is -0.120. The van der Waals surface area contributed by atoms with Crippen molar-refractivity contribution in [3.63, 3.8) is 0 Å². The number of carbonyl (C=O) groups excluding carboxylic acids is 1. The molecule has 0 aliphatic heterocycles. The van der Waals surface area contributed by atoms with E-state index in [-0.39, 0.29) is 18.6 Å². The van der Waals surface area contributed by atoms with Crippen molar-refractivity contribution in [3.8, 4) is 0 Å². The van der Waals surface area contributed by atoms with Crippen LogP contribution in [0.3, 0.4) is 0 Å². The van der Waals surface area contributed by atoms with E-state index < -0.39 is 0 Å². The number of aryl methyl sites for hydroxylation is 2. The normalized spacial score (nSPS) is 12.5. The van der Waals surface area contributed by atoms with Crippen LogP contribution in [-0.2, 0) is 11.2 Å². The fraction of sp³-hybridized carbons (Fsp3) is 0.562. The van der Waals surface area contributed by atoms with Gasteiger partial charge in [0.1, 0.15) is 0 Å². The third-order valence-electron chi connectivity index (χ3n) is 3.10. The summed E-state index contributed by atoms with van der Waals surface area (Å²) in [6.45, 7) is 6.23. The highest BCUT2D eigenvalue weighted by Gasteiger charge is 2.12. The van der Waals surface area contributed by atoms with Crippen molar-refractivity contribution < 1.29 is 9.90 Å². The molecule has 0 aliphatic rings.